The van der Waals surface area contributed by atoms with Crippen LogP contribution in [0.15, 0.2) is 59.1 Å². The van der Waals surface area contributed by atoms with Crippen molar-refractivity contribution >= 4 is 5.91 Å². The SMILES string of the molecule is COc1ccc(C(CNC(=O)c2cc(-c3ccccc3F)on2)N2CCOCC2)cc1. The normalized spacial score (nSPS) is 15.4. The number of methoxy groups -OCH3 is 1. The van der Waals surface area contributed by atoms with E-state index in [1.165, 1.54) is 12.1 Å². The minimum Gasteiger partial charge on any atom is -0.497 e. The minimum atomic E-state index is -0.433. The molecule has 4 rings (SSSR count). The average Bonchev–Trinajstić information content (AvgIpc) is 3.31. The van der Waals surface area contributed by atoms with Crippen LogP contribution < -0.4 is 10.1 Å². The number of aromatic nitrogens is 1. The van der Waals surface area contributed by atoms with Gasteiger partial charge in [0.1, 0.15) is 11.6 Å². The van der Waals surface area contributed by atoms with Crippen molar-refractivity contribution in [3.8, 4) is 17.1 Å². The summed E-state index contributed by atoms with van der Waals surface area (Å²) < 4.78 is 29.9. The molecule has 162 valence electrons. The van der Waals surface area contributed by atoms with Gasteiger partial charge in [0, 0.05) is 25.7 Å². The maximum atomic E-state index is 14.0. The summed E-state index contributed by atoms with van der Waals surface area (Å²) in [4.78, 5) is 15.0. The fourth-order valence-electron chi connectivity index (χ4n) is 3.62. The third-order valence-corrected chi connectivity index (χ3v) is 5.33. The van der Waals surface area contributed by atoms with Crippen molar-refractivity contribution in [1.82, 2.24) is 15.4 Å². The summed E-state index contributed by atoms with van der Waals surface area (Å²) in [6.45, 7) is 3.22. The summed E-state index contributed by atoms with van der Waals surface area (Å²) in [6, 6.07) is 15.4. The van der Waals surface area contributed by atoms with E-state index in [-0.39, 0.29) is 29.0 Å². The van der Waals surface area contributed by atoms with E-state index in [1.54, 1.807) is 25.3 Å². The summed E-state index contributed by atoms with van der Waals surface area (Å²) >= 11 is 0. The van der Waals surface area contributed by atoms with Gasteiger partial charge in [-0.25, -0.2) is 4.39 Å². The molecule has 0 aliphatic carbocycles. The monoisotopic (exact) mass is 425 g/mol. The second kappa shape index (κ2) is 9.72. The molecule has 0 radical (unpaired) electrons. The van der Waals surface area contributed by atoms with Crippen LogP contribution in [0, 0.1) is 5.82 Å². The van der Waals surface area contributed by atoms with Crippen molar-refractivity contribution in [3.05, 3.63) is 71.7 Å². The molecule has 1 aliphatic heterocycles. The molecule has 1 saturated heterocycles. The van der Waals surface area contributed by atoms with Crippen molar-refractivity contribution in [2.75, 3.05) is 40.0 Å². The number of halogens is 1. The molecule has 0 saturated carbocycles. The van der Waals surface area contributed by atoms with Crippen LogP contribution in [0.25, 0.3) is 11.3 Å². The lowest BCUT2D eigenvalue weighted by Gasteiger charge is -2.34. The predicted molar refractivity (Wildman–Crippen MR) is 112 cm³/mol. The zero-order valence-electron chi connectivity index (χ0n) is 17.2. The molecule has 31 heavy (non-hydrogen) atoms. The van der Waals surface area contributed by atoms with E-state index in [1.807, 2.05) is 24.3 Å². The summed E-state index contributed by atoms with van der Waals surface area (Å²) in [5.74, 6) is 0.176. The Morgan fingerprint density at radius 1 is 1.19 bits per heavy atom. The van der Waals surface area contributed by atoms with Crippen LogP contribution in [0.1, 0.15) is 22.1 Å². The van der Waals surface area contributed by atoms with Gasteiger partial charge in [0.05, 0.1) is 31.9 Å². The number of nitrogens with one attached hydrogen (secondary N) is 1. The Kier molecular flexibility index (Phi) is 6.59. The molecular formula is C23H24FN3O4. The first-order valence-corrected chi connectivity index (χ1v) is 10.1. The summed E-state index contributed by atoms with van der Waals surface area (Å²) in [7, 11) is 1.63. The number of carbonyl (C=O) groups excluding carboxylic acids is 1. The number of nitrogens with zero attached hydrogens (tertiary/aromatic N) is 2. The Hall–Kier alpha value is -3.23. The Labute approximate surface area is 179 Å². The lowest BCUT2D eigenvalue weighted by atomic mass is 10.0. The van der Waals surface area contributed by atoms with Crippen LogP contribution in [0.2, 0.25) is 0 Å². The maximum absolute atomic E-state index is 14.0. The van der Waals surface area contributed by atoms with Gasteiger partial charge in [-0.2, -0.15) is 0 Å². The van der Waals surface area contributed by atoms with E-state index in [4.69, 9.17) is 14.0 Å². The van der Waals surface area contributed by atoms with Crippen LogP contribution >= 0.6 is 0 Å². The van der Waals surface area contributed by atoms with E-state index in [2.05, 4.69) is 15.4 Å². The maximum Gasteiger partial charge on any atom is 0.273 e. The van der Waals surface area contributed by atoms with Gasteiger partial charge in [-0.1, -0.05) is 29.4 Å². The fourth-order valence-corrected chi connectivity index (χ4v) is 3.62. The highest BCUT2D eigenvalue weighted by atomic mass is 19.1. The van der Waals surface area contributed by atoms with Crippen molar-refractivity contribution < 1.29 is 23.2 Å². The van der Waals surface area contributed by atoms with E-state index < -0.39 is 5.82 Å². The van der Waals surface area contributed by atoms with Gasteiger partial charge in [-0.3, -0.25) is 9.69 Å². The van der Waals surface area contributed by atoms with Gasteiger partial charge in [0.25, 0.3) is 5.91 Å². The standard InChI is InChI=1S/C23H24FN3O4/c1-29-17-8-6-16(7-9-17)21(27-10-12-30-13-11-27)15-25-23(28)20-14-22(31-26-20)18-4-2-3-5-19(18)24/h2-9,14,21H,10-13,15H2,1H3,(H,25,28). The first-order chi connectivity index (χ1) is 15.2. The molecule has 1 N–H and O–H groups in total. The van der Waals surface area contributed by atoms with Crippen LogP contribution in [0.3, 0.4) is 0 Å². The highest BCUT2D eigenvalue weighted by Gasteiger charge is 2.24. The zero-order chi connectivity index (χ0) is 21.6. The largest absolute Gasteiger partial charge is 0.497 e. The molecule has 1 aromatic heterocycles. The van der Waals surface area contributed by atoms with Gasteiger partial charge < -0.3 is 19.3 Å². The van der Waals surface area contributed by atoms with Gasteiger partial charge in [-0.15, -0.1) is 0 Å². The number of morpholine rings is 1. The van der Waals surface area contributed by atoms with Crippen LogP contribution in [0.4, 0.5) is 4.39 Å². The minimum absolute atomic E-state index is 0.0308. The molecule has 0 spiro atoms. The van der Waals surface area contributed by atoms with Gasteiger partial charge in [0.2, 0.25) is 0 Å². The lowest BCUT2D eigenvalue weighted by Crippen LogP contribution is -2.43. The molecule has 1 unspecified atom stereocenters. The molecule has 1 aliphatic rings. The highest BCUT2D eigenvalue weighted by Crippen LogP contribution is 2.25. The smallest absolute Gasteiger partial charge is 0.273 e. The van der Waals surface area contributed by atoms with Crippen molar-refractivity contribution in [3.63, 3.8) is 0 Å². The summed E-state index contributed by atoms with van der Waals surface area (Å²) in [6.07, 6.45) is 0. The number of rotatable bonds is 7. The van der Waals surface area contributed by atoms with Crippen LogP contribution in [-0.2, 0) is 4.74 Å². The number of amides is 1. The van der Waals surface area contributed by atoms with E-state index >= 15 is 0 Å². The molecule has 8 heteroatoms. The third kappa shape index (κ3) is 4.92. The first kappa shape index (κ1) is 21.0. The Bertz CT molecular complexity index is 1020. The lowest BCUT2D eigenvalue weighted by molar-refractivity contribution is 0.0162. The number of carbonyl (C=O) groups is 1. The number of ether oxygens (including phenoxy) is 2. The number of hydrogen-bond acceptors (Lipinski definition) is 6. The molecule has 3 aromatic rings. The molecule has 0 bridgehead atoms. The van der Waals surface area contributed by atoms with Crippen molar-refractivity contribution in [2.45, 2.75) is 6.04 Å². The summed E-state index contributed by atoms with van der Waals surface area (Å²) in [5.41, 5.74) is 1.43. The first-order valence-electron chi connectivity index (χ1n) is 10.1. The van der Waals surface area contributed by atoms with Gasteiger partial charge in [0.15, 0.2) is 11.5 Å². The number of hydrogen-bond donors (Lipinski definition) is 1. The Morgan fingerprint density at radius 3 is 2.65 bits per heavy atom. The zero-order valence-corrected chi connectivity index (χ0v) is 17.2. The van der Waals surface area contributed by atoms with E-state index in [0.29, 0.717) is 19.8 Å². The Balaban J connectivity index is 1.47. The fraction of sp³-hybridized carbons (Fsp3) is 0.304. The van der Waals surface area contributed by atoms with Crippen LogP contribution in [0.5, 0.6) is 5.75 Å². The van der Waals surface area contributed by atoms with E-state index in [0.717, 1.165) is 24.4 Å². The molecular weight excluding hydrogens is 401 g/mol. The molecule has 7 nitrogen and oxygen atoms in total. The second-order valence-electron chi connectivity index (χ2n) is 7.20. The topological polar surface area (TPSA) is 76.8 Å². The van der Waals surface area contributed by atoms with Crippen molar-refractivity contribution in [1.29, 1.82) is 0 Å². The molecule has 1 atom stereocenters. The van der Waals surface area contributed by atoms with Gasteiger partial charge in [-0.05, 0) is 29.8 Å². The predicted octanol–water partition coefficient (Wildman–Crippen LogP) is 3.29. The van der Waals surface area contributed by atoms with Gasteiger partial charge >= 0.3 is 0 Å². The van der Waals surface area contributed by atoms with Crippen molar-refractivity contribution in [2.24, 2.45) is 0 Å². The second-order valence-corrected chi connectivity index (χ2v) is 7.20. The summed E-state index contributed by atoms with van der Waals surface area (Å²) in [5, 5.41) is 6.75. The quantitative estimate of drug-likeness (QED) is 0.626. The average molecular weight is 425 g/mol. The molecule has 1 fully saturated rings. The number of benzene rings is 2. The highest BCUT2D eigenvalue weighted by molar-refractivity contribution is 5.93. The van der Waals surface area contributed by atoms with Crippen LogP contribution in [-0.4, -0.2) is 55.9 Å². The molecule has 2 heterocycles. The Morgan fingerprint density at radius 2 is 1.94 bits per heavy atom. The molecule has 2 aromatic carbocycles. The van der Waals surface area contributed by atoms with E-state index in [9.17, 15) is 9.18 Å². The molecule has 1 amide bonds. The third-order valence-electron chi connectivity index (χ3n) is 5.33.